The molecule has 2 atom stereocenters. The van der Waals surface area contributed by atoms with E-state index in [4.69, 9.17) is 0 Å². The predicted octanol–water partition coefficient (Wildman–Crippen LogP) is 1.92. The summed E-state index contributed by atoms with van der Waals surface area (Å²) in [6.45, 7) is 2.18. The lowest BCUT2D eigenvalue weighted by molar-refractivity contribution is 0.0946. The molecule has 0 radical (unpaired) electrons. The smallest absolute Gasteiger partial charge is 0.163 e. The highest BCUT2D eigenvalue weighted by Crippen LogP contribution is 2.40. The van der Waals surface area contributed by atoms with Gasteiger partial charge in [0, 0.05) is 31.0 Å². The summed E-state index contributed by atoms with van der Waals surface area (Å²) < 4.78 is 0. The topological polar surface area (TPSA) is 20.3 Å². The van der Waals surface area contributed by atoms with Crippen molar-refractivity contribution >= 4 is 5.78 Å². The second-order valence-corrected chi connectivity index (χ2v) is 4.80. The Morgan fingerprint density at radius 2 is 2.07 bits per heavy atom. The number of likely N-dealkylation sites (tertiary alicyclic amines) is 1. The Labute approximate surface area is 89.9 Å². The third kappa shape index (κ3) is 1.32. The van der Waals surface area contributed by atoms with E-state index in [1.165, 1.54) is 5.56 Å². The fraction of sp³-hybridized carbons (Fsp3) is 0.462. The van der Waals surface area contributed by atoms with Gasteiger partial charge in [0.05, 0.1) is 0 Å². The van der Waals surface area contributed by atoms with E-state index in [1.54, 1.807) is 0 Å². The van der Waals surface area contributed by atoms with Crippen molar-refractivity contribution in [2.75, 3.05) is 20.1 Å². The molecule has 2 nitrogen and oxygen atoms in total. The van der Waals surface area contributed by atoms with Gasteiger partial charge in [-0.05, 0) is 18.5 Å². The zero-order chi connectivity index (χ0) is 10.4. The molecular weight excluding hydrogens is 186 g/mol. The minimum absolute atomic E-state index is 0.335. The molecule has 0 saturated carbocycles. The van der Waals surface area contributed by atoms with E-state index in [0.717, 1.165) is 25.1 Å². The molecule has 15 heavy (non-hydrogen) atoms. The fourth-order valence-corrected chi connectivity index (χ4v) is 3.07. The fourth-order valence-electron chi connectivity index (χ4n) is 3.07. The maximum atomic E-state index is 11.9. The lowest BCUT2D eigenvalue weighted by Gasteiger charge is -2.26. The monoisotopic (exact) mass is 201 g/mol. The minimum atomic E-state index is 0.335. The number of benzene rings is 1. The van der Waals surface area contributed by atoms with Crippen LogP contribution in [0.1, 0.15) is 28.3 Å². The number of rotatable bonds is 0. The summed E-state index contributed by atoms with van der Waals surface area (Å²) in [4.78, 5) is 14.3. The van der Waals surface area contributed by atoms with Crippen LogP contribution in [0.5, 0.6) is 0 Å². The highest BCUT2D eigenvalue weighted by Gasteiger charge is 2.38. The van der Waals surface area contributed by atoms with Gasteiger partial charge in [0.25, 0.3) is 0 Å². The molecule has 2 aliphatic rings. The zero-order valence-electron chi connectivity index (χ0n) is 8.94. The van der Waals surface area contributed by atoms with Crippen LogP contribution in [0.4, 0.5) is 0 Å². The van der Waals surface area contributed by atoms with Gasteiger partial charge < -0.3 is 4.90 Å². The standard InChI is InChI=1S/C13H15NO/c1-14-7-9-6-13(15)11-5-3-2-4-10(11)12(9)8-14/h2-5,9,12H,6-8H2,1H3. The summed E-state index contributed by atoms with van der Waals surface area (Å²) >= 11 is 0. The summed E-state index contributed by atoms with van der Waals surface area (Å²) in [5, 5.41) is 0. The first-order chi connectivity index (χ1) is 7.25. The number of carbonyl (C=O) groups excluding carboxylic acids is 1. The number of hydrogen-bond acceptors (Lipinski definition) is 2. The molecule has 1 aromatic carbocycles. The van der Waals surface area contributed by atoms with E-state index >= 15 is 0 Å². The minimum Gasteiger partial charge on any atom is -0.305 e. The van der Waals surface area contributed by atoms with Crippen LogP contribution < -0.4 is 0 Å². The van der Waals surface area contributed by atoms with E-state index in [1.807, 2.05) is 18.2 Å². The SMILES string of the molecule is CN1CC2CC(=O)c3ccccc3C2C1. The molecule has 3 rings (SSSR count). The molecule has 0 N–H and O–H groups in total. The Morgan fingerprint density at radius 3 is 2.93 bits per heavy atom. The van der Waals surface area contributed by atoms with Gasteiger partial charge in [0.2, 0.25) is 0 Å². The molecule has 78 valence electrons. The Bertz CT molecular complexity index is 413. The Kier molecular flexibility index (Phi) is 1.93. The van der Waals surface area contributed by atoms with Gasteiger partial charge in [-0.2, -0.15) is 0 Å². The van der Waals surface area contributed by atoms with Crippen LogP contribution in [0.2, 0.25) is 0 Å². The van der Waals surface area contributed by atoms with Gasteiger partial charge in [-0.25, -0.2) is 0 Å². The molecule has 1 heterocycles. The second-order valence-electron chi connectivity index (χ2n) is 4.80. The first-order valence-corrected chi connectivity index (χ1v) is 5.56. The highest BCUT2D eigenvalue weighted by atomic mass is 16.1. The first-order valence-electron chi connectivity index (χ1n) is 5.56. The van der Waals surface area contributed by atoms with Gasteiger partial charge in [0.1, 0.15) is 0 Å². The maximum Gasteiger partial charge on any atom is 0.163 e. The number of nitrogens with zero attached hydrogens (tertiary/aromatic N) is 1. The average Bonchev–Trinajstić information content (AvgIpc) is 2.59. The van der Waals surface area contributed by atoms with Crippen molar-refractivity contribution in [1.82, 2.24) is 4.90 Å². The molecule has 2 heteroatoms. The van der Waals surface area contributed by atoms with Crippen molar-refractivity contribution in [3.8, 4) is 0 Å². The van der Waals surface area contributed by atoms with Gasteiger partial charge in [-0.15, -0.1) is 0 Å². The Morgan fingerprint density at radius 1 is 1.27 bits per heavy atom. The molecule has 1 aliphatic carbocycles. The first kappa shape index (κ1) is 9.10. The normalized spacial score (nSPS) is 30.1. The average molecular weight is 201 g/mol. The van der Waals surface area contributed by atoms with Crippen molar-refractivity contribution in [3.05, 3.63) is 35.4 Å². The molecule has 2 unspecified atom stereocenters. The van der Waals surface area contributed by atoms with E-state index in [0.29, 0.717) is 17.6 Å². The summed E-state index contributed by atoms with van der Waals surface area (Å²) in [6.07, 6.45) is 0.742. The largest absolute Gasteiger partial charge is 0.305 e. The summed E-state index contributed by atoms with van der Waals surface area (Å²) in [7, 11) is 2.14. The Hall–Kier alpha value is -1.15. The third-order valence-corrected chi connectivity index (χ3v) is 3.73. The number of fused-ring (bicyclic) bond motifs is 3. The Balaban J connectivity index is 2.09. The van der Waals surface area contributed by atoms with Crippen LogP contribution in [-0.4, -0.2) is 30.8 Å². The van der Waals surface area contributed by atoms with Crippen LogP contribution >= 0.6 is 0 Å². The van der Waals surface area contributed by atoms with E-state index in [9.17, 15) is 4.79 Å². The molecule has 1 aliphatic heterocycles. The van der Waals surface area contributed by atoms with Crippen molar-refractivity contribution < 1.29 is 4.79 Å². The van der Waals surface area contributed by atoms with Crippen molar-refractivity contribution in [2.45, 2.75) is 12.3 Å². The van der Waals surface area contributed by atoms with Crippen molar-refractivity contribution in [2.24, 2.45) is 5.92 Å². The lowest BCUT2D eigenvalue weighted by Crippen LogP contribution is -2.23. The highest BCUT2D eigenvalue weighted by molar-refractivity contribution is 5.99. The second kappa shape index (κ2) is 3.17. The number of carbonyl (C=O) groups is 1. The van der Waals surface area contributed by atoms with Gasteiger partial charge in [-0.1, -0.05) is 24.3 Å². The summed E-state index contributed by atoms with van der Waals surface area (Å²) in [6, 6.07) is 8.12. The van der Waals surface area contributed by atoms with Crippen molar-refractivity contribution in [3.63, 3.8) is 0 Å². The quantitative estimate of drug-likeness (QED) is 0.639. The van der Waals surface area contributed by atoms with Gasteiger partial charge >= 0.3 is 0 Å². The predicted molar refractivity (Wildman–Crippen MR) is 59.1 cm³/mol. The van der Waals surface area contributed by atoms with Crippen LogP contribution in [0.25, 0.3) is 0 Å². The molecule has 0 aromatic heterocycles. The number of ketones is 1. The molecule has 1 aromatic rings. The number of hydrogen-bond donors (Lipinski definition) is 0. The summed E-state index contributed by atoms with van der Waals surface area (Å²) in [5.74, 6) is 1.48. The number of Topliss-reactive ketones (excluding diaryl/α,β-unsaturated/α-hetero) is 1. The third-order valence-electron chi connectivity index (χ3n) is 3.73. The van der Waals surface area contributed by atoms with Crippen molar-refractivity contribution in [1.29, 1.82) is 0 Å². The maximum absolute atomic E-state index is 11.9. The molecule has 0 amide bonds. The van der Waals surface area contributed by atoms with Crippen LogP contribution in [0, 0.1) is 5.92 Å². The zero-order valence-corrected chi connectivity index (χ0v) is 8.94. The number of likely N-dealkylation sites (N-methyl/N-ethyl adjacent to an activating group) is 1. The van der Waals surface area contributed by atoms with E-state index < -0.39 is 0 Å². The molecule has 0 bridgehead atoms. The molecule has 0 spiro atoms. The van der Waals surface area contributed by atoms with Gasteiger partial charge in [0.15, 0.2) is 5.78 Å². The molecule has 1 fully saturated rings. The molecule has 1 saturated heterocycles. The summed E-state index contributed by atoms with van der Waals surface area (Å²) in [5.41, 5.74) is 2.25. The van der Waals surface area contributed by atoms with E-state index in [-0.39, 0.29) is 0 Å². The van der Waals surface area contributed by atoms with Crippen LogP contribution in [-0.2, 0) is 0 Å². The van der Waals surface area contributed by atoms with Crippen LogP contribution in [0.15, 0.2) is 24.3 Å². The molecular formula is C13H15NO. The van der Waals surface area contributed by atoms with E-state index in [2.05, 4.69) is 18.0 Å². The van der Waals surface area contributed by atoms with Crippen LogP contribution in [0.3, 0.4) is 0 Å². The lowest BCUT2D eigenvalue weighted by atomic mass is 9.76. The van der Waals surface area contributed by atoms with Gasteiger partial charge in [-0.3, -0.25) is 4.79 Å².